The summed E-state index contributed by atoms with van der Waals surface area (Å²) in [6.45, 7) is 7.59. The highest BCUT2D eigenvalue weighted by atomic mass is 79.9. The Hall–Kier alpha value is 0.550. The van der Waals surface area contributed by atoms with E-state index in [1.54, 1.807) is 27.7 Å². The first kappa shape index (κ1) is 15.6. The first-order valence-corrected chi connectivity index (χ1v) is 8.40. The molecule has 0 unspecified atom stereocenters. The van der Waals surface area contributed by atoms with E-state index in [1.165, 1.54) is 0 Å². The summed E-state index contributed by atoms with van der Waals surface area (Å²) in [5.74, 6) is 0. The largest absolute Gasteiger partial charge is 0.386 e. The third-order valence-electron chi connectivity index (χ3n) is 1.88. The molecule has 0 N–H and O–H groups in total. The van der Waals surface area contributed by atoms with Gasteiger partial charge in [0, 0.05) is 5.33 Å². The van der Waals surface area contributed by atoms with Crippen LogP contribution in [0.15, 0.2) is 0 Å². The molecule has 5 nitrogen and oxygen atoms in total. The lowest BCUT2D eigenvalue weighted by Crippen LogP contribution is -2.20. The van der Waals surface area contributed by atoms with Crippen molar-refractivity contribution in [2.75, 3.05) is 11.9 Å². The van der Waals surface area contributed by atoms with E-state index in [9.17, 15) is 4.57 Å². The van der Waals surface area contributed by atoms with Crippen LogP contribution in [0.5, 0.6) is 0 Å². The molecule has 2 atom stereocenters. The van der Waals surface area contributed by atoms with E-state index in [-0.39, 0.29) is 18.3 Å². The highest BCUT2D eigenvalue weighted by molar-refractivity contribution is 9.09. The van der Waals surface area contributed by atoms with Gasteiger partial charge in [-0.3, -0.25) is 4.57 Å². The molecule has 0 aliphatic carbocycles. The SMILES string of the molecule is CC(C)OP(=O)(OC(C)C)[C@@H]1OC[C@H](CBr)O1. The molecule has 1 heterocycles. The topological polar surface area (TPSA) is 54.0 Å². The molecule has 102 valence electrons. The zero-order chi connectivity index (χ0) is 13.1. The van der Waals surface area contributed by atoms with Gasteiger partial charge < -0.3 is 18.5 Å². The normalized spacial score (nSPS) is 26.1. The van der Waals surface area contributed by atoms with Crippen LogP contribution in [0.2, 0.25) is 0 Å². The van der Waals surface area contributed by atoms with Gasteiger partial charge in [-0.2, -0.15) is 0 Å². The standard InChI is InChI=1S/C10H20BrO5P/c1-7(2)15-17(12,16-8(3)4)10-13-6-9(5-11)14-10/h7-10H,5-6H2,1-4H3/t9-,10+/m0/s1. The van der Waals surface area contributed by atoms with Gasteiger partial charge in [-0.15, -0.1) is 0 Å². The van der Waals surface area contributed by atoms with Crippen LogP contribution in [-0.2, 0) is 23.1 Å². The van der Waals surface area contributed by atoms with Gasteiger partial charge in [0.25, 0.3) is 6.03 Å². The van der Waals surface area contributed by atoms with Crippen LogP contribution < -0.4 is 0 Å². The molecule has 17 heavy (non-hydrogen) atoms. The molecule has 0 saturated carbocycles. The average molecular weight is 331 g/mol. The van der Waals surface area contributed by atoms with Crippen molar-refractivity contribution in [1.82, 2.24) is 0 Å². The van der Waals surface area contributed by atoms with Crippen molar-refractivity contribution < 1.29 is 23.1 Å². The fraction of sp³-hybridized carbons (Fsp3) is 1.00. The maximum Gasteiger partial charge on any atom is 0.386 e. The van der Waals surface area contributed by atoms with E-state index in [1.807, 2.05) is 0 Å². The molecule has 1 aliphatic heterocycles. The van der Waals surface area contributed by atoms with Gasteiger partial charge in [0.15, 0.2) is 0 Å². The van der Waals surface area contributed by atoms with Crippen LogP contribution in [-0.4, -0.2) is 36.3 Å². The smallest absolute Gasteiger partial charge is 0.340 e. The summed E-state index contributed by atoms with van der Waals surface area (Å²) in [6.07, 6.45) is -0.538. The average Bonchev–Trinajstić information content (AvgIpc) is 2.63. The van der Waals surface area contributed by atoms with Crippen molar-refractivity contribution in [3.63, 3.8) is 0 Å². The minimum Gasteiger partial charge on any atom is -0.340 e. The molecule has 1 fully saturated rings. The molecule has 0 amide bonds. The van der Waals surface area contributed by atoms with Crippen LogP contribution in [0.4, 0.5) is 0 Å². The lowest BCUT2D eigenvalue weighted by atomic mass is 10.5. The Kier molecular flexibility index (Phi) is 6.10. The van der Waals surface area contributed by atoms with Crippen molar-refractivity contribution in [2.45, 2.75) is 52.0 Å². The van der Waals surface area contributed by atoms with Gasteiger partial charge >= 0.3 is 7.60 Å². The number of hydrogen-bond donors (Lipinski definition) is 0. The van der Waals surface area contributed by atoms with Gasteiger partial charge in [-0.25, -0.2) is 0 Å². The van der Waals surface area contributed by atoms with Gasteiger partial charge in [0.05, 0.1) is 24.9 Å². The van der Waals surface area contributed by atoms with E-state index in [0.29, 0.717) is 11.9 Å². The third kappa shape index (κ3) is 4.62. The van der Waals surface area contributed by atoms with Crippen molar-refractivity contribution in [3.05, 3.63) is 0 Å². The Bertz CT molecular complexity index is 270. The van der Waals surface area contributed by atoms with Crippen molar-refractivity contribution in [3.8, 4) is 0 Å². The fourth-order valence-corrected chi connectivity index (χ4v) is 3.74. The number of rotatable bonds is 6. The highest BCUT2D eigenvalue weighted by Gasteiger charge is 2.45. The van der Waals surface area contributed by atoms with Gasteiger partial charge in [-0.05, 0) is 27.7 Å². The number of alkyl halides is 1. The van der Waals surface area contributed by atoms with Crippen LogP contribution in [0, 0.1) is 0 Å². The second-order valence-corrected chi connectivity index (χ2v) is 6.97. The number of halogens is 1. The molecular weight excluding hydrogens is 311 g/mol. The van der Waals surface area contributed by atoms with Crippen LogP contribution in [0.25, 0.3) is 0 Å². The third-order valence-corrected chi connectivity index (χ3v) is 4.82. The monoisotopic (exact) mass is 330 g/mol. The summed E-state index contributed by atoms with van der Waals surface area (Å²) < 4.78 is 34.2. The Labute approximate surface area is 111 Å². The summed E-state index contributed by atoms with van der Waals surface area (Å²) >= 11 is 3.30. The van der Waals surface area contributed by atoms with Gasteiger partial charge in [0.1, 0.15) is 0 Å². The van der Waals surface area contributed by atoms with Gasteiger partial charge in [0.2, 0.25) is 0 Å². The van der Waals surface area contributed by atoms with Crippen molar-refractivity contribution >= 4 is 23.5 Å². The minimum atomic E-state index is -3.40. The lowest BCUT2D eigenvalue weighted by molar-refractivity contribution is -0.0259. The maximum atomic E-state index is 12.6. The molecule has 0 radical (unpaired) electrons. The summed E-state index contributed by atoms with van der Waals surface area (Å²) in [5, 5.41) is 0.632. The van der Waals surface area contributed by atoms with E-state index >= 15 is 0 Å². The minimum absolute atomic E-state index is 0.111. The summed E-state index contributed by atoms with van der Waals surface area (Å²) in [4.78, 5) is 0. The molecule has 0 aromatic rings. The quantitative estimate of drug-likeness (QED) is 0.553. The molecule has 7 heteroatoms. The lowest BCUT2D eigenvalue weighted by Gasteiger charge is -2.26. The first-order valence-electron chi connectivity index (χ1n) is 5.67. The zero-order valence-corrected chi connectivity index (χ0v) is 13.1. The number of hydrogen-bond acceptors (Lipinski definition) is 5. The summed E-state index contributed by atoms with van der Waals surface area (Å²) in [5.41, 5.74) is 0. The predicted molar refractivity (Wildman–Crippen MR) is 68.5 cm³/mol. The van der Waals surface area contributed by atoms with Crippen LogP contribution in [0.3, 0.4) is 0 Å². The second-order valence-electron chi connectivity index (χ2n) is 4.40. The zero-order valence-electron chi connectivity index (χ0n) is 10.6. The molecule has 1 aliphatic rings. The molecular formula is C10H20BrO5P. The molecule has 1 saturated heterocycles. The number of ether oxygens (including phenoxy) is 2. The Morgan fingerprint density at radius 3 is 2.18 bits per heavy atom. The summed E-state index contributed by atoms with van der Waals surface area (Å²) in [7, 11) is -3.40. The Morgan fingerprint density at radius 2 is 1.82 bits per heavy atom. The predicted octanol–water partition coefficient (Wildman–Crippen LogP) is 3.12. The maximum absolute atomic E-state index is 12.6. The Balaban J connectivity index is 2.73. The Morgan fingerprint density at radius 1 is 1.29 bits per heavy atom. The van der Waals surface area contributed by atoms with E-state index in [2.05, 4.69) is 15.9 Å². The highest BCUT2D eigenvalue weighted by Crippen LogP contribution is 2.57. The van der Waals surface area contributed by atoms with Crippen molar-refractivity contribution in [2.24, 2.45) is 0 Å². The molecule has 0 bridgehead atoms. The van der Waals surface area contributed by atoms with Crippen LogP contribution >= 0.6 is 23.5 Å². The first-order chi connectivity index (χ1) is 7.87. The van der Waals surface area contributed by atoms with Crippen LogP contribution in [0.1, 0.15) is 27.7 Å². The second kappa shape index (κ2) is 6.64. The van der Waals surface area contributed by atoms with Gasteiger partial charge in [-0.1, -0.05) is 15.9 Å². The molecule has 0 spiro atoms. The van der Waals surface area contributed by atoms with E-state index in [0.717, 1.165) is 0 Å². The van der Waals surface area contributed by atoms with Crippen molar-refractivity contribution in [1.29, 1.82) is 0 Å². The molecule has 0 aromatic heterocycles. The molecule has 0 aromatic carbocycles. The van der Waals surface area contributed by atoms with E-state index < -0.39 is 13.6 Å². The fourth-order valence-electron chi connectivity index (χ4n) is 1.39. The molecule has 1 rings (SSSR count). The summed E-state index contributed by atoms with van der Waals surface area (Å²) in [6, 6.07) is -0.921. The van der Waals surface area contributed by atoms with E-state index in [4.69, 9.17) is 18.5 Å².